The standard InChI is InChI=1S/C19H23N3O2/c1-14-19(22-12-4-6-16(22)13-20)24-18(21-14)7-3-5-15-8-10-17(23-2)11-9-15/h8-11,16H,3-7,12H2,1-2H3. The highest BCUT2D eigenvalue weighted by Gasteiger charge is 2.28. The molecule has 1 unspecified atom stereocenters. The summed E-state index contributed by atoms with van der Waals surface area (Å²) in [6.07, 6.45) is 4.70. The summed E-state index contributed by atoms with van der Waals surface area (Å²) in [4.78, 5) is 6.60. The summed E-state index contributed by atoms with van der Waals surface area (Å²) in [6, 6.07) is 10.4. The van der Waals surface area contributed by atoms with Gasteiger partial charge in [0.25, 0.3) is 0 Å². The minimum absolute atomic E-state index is 0.0798. The fraction of sp³-hybridized carbons (Fsp3) is 0.474. The Morgan fingerprint density at radius 3 is 2.83 bits per heavy atom. The third-order valence-corrected chi connectivity index (χ3v) is 4.49. The van der Waals surface area contributed by atoms with Crippen LogP contribution < -0.4 is 9.64 Å². The number of aryl methyl sites for hydroxylation is 3. The number of hydrogen-bond donors (Lipinski definition) is 0. The Balaban J connectivity index is 1.58. The van der Waals surface area contributed by atoms with Gasteiger partial charge in [0.15, 0.2) is 5.89 Å². The van der Waals surface area contributed by atoms with Crippen LogP contribution in [0.3, 0.4) is 0 Å². The smallest absolute Gasteiger partial charge is 0.220 e. The molecule has 0 bridgehead atoms. The lowest BCUT2D eigenvalue weighted by molar-refractivity contribution is 0.414. The molecule has 5 nitrogen and oxygen atoms in total. The van der Waals surface area contributed by atoms with Crippen molar-refractivity contribution >= 4 is 5.88 Å². The number of rotatable bonds is 6. The Morgan fingerprint density at radius 1 is 1.33 bits per heavy atom. The average molecular weight is 325 g/mol. The number of aromatic nitrogens is 1. The maximum Gasteiger partial charge on any atom is 0.220 e. The second-order valence-electron chi connectivity index (χ2n) is 6.18. The lowest BCUT2D eigenvalue weighted by atomic mass is 10.1. The van der Waals surface area contributed by atoms with Crippen molar-refractivity contribution in [1.29, 1.82) is 5.26 Å². The van der Waals surface area contributed by atoms with Crippen LogP contribution in [-0.2, 0) is 12.8 Å². The number of methoxy groups -OCH3 is 1. The summed E-state index contributed by atoms with van der Waals surface area (Å²) in [6.45, 7) is 2.83. The molecule has 2 aromatic rings. The Kier molecular flexibility index (Phi) is 5.05. The van der Waals surface area contributed by atoms with Crippen LogP contribution in [0.5, 0.6) is 5.75 Å². The lowest BCUT2D eigenvalue weighted by Crippen LogP contribution is -2.27. The molecule has 1 saturated heterocycles. The van der Waals surface area contributed by atoms with E-state index in [-0.39, 0.29) is 6.04 Å². The van der Waals surface area contributed by atoms with Gasteiger partial charge in [-0.05, 0) is 50.3 Å². The summed E-state index contributed by atoms with van der Waals surface area (Å²) in [5, 5.41) is 9.24. The van der Waals surface area contributed by atoms with Gasteiger partial charge in [0, 0.05) is 13.0 Å². The fourth-order valence-corrected chi connectivity index (χ4v) is 3.20. The van der Waals surface area contributed by atoms with E-state index in [4.69, 9.17) is 9.15 Å². The Bertz CT molecular complexity index is 715. The maximum atomic E-state index is 9.24. The van der Waals surface area contributed by atoms with E-state index in [2.05, 4.69) is 28.1 Å². The van der Waals surface area contributed by atoms with Crippen molar-refractivity contribution in [2.75, 3.05) is 18.6 Å². The number of benzene rings is 1. The number of oxazole rings is 1. The van der Waals surface area contributed by atoms with E-state index in [1.165, 1.54) is 5.56 Å². The second kappa shape index (κ2) is 7.39. The molecule has 0 spiro atoms. The SMILES string of the molecule is COc1ccc(CCCc2nc(C)c(N3CCCC3C#N)o2)cc1. The molecule has 5 heteroatoms. The normalized spacial score (nSPS) is 17.0. The van der Waals surface area contributed by atoms with E-state index < -0.39 is 0 Å². The molecular formula is C19H23N3O2. The second-order valence-corrected chi connectivity index (χ2v) is 6.18. The average Bonchev–Trinajstić information content (AvgIpc) is 3.21. The van der Waals surface area contributed by atoms with Crippen LogP contribution in [0, 0.1) is 18.3 Å². The van der Waals surface area contributed by atoms with Crippen LogP contribution in [0.25, 0.3) is 0 Å². The van der Waals surface area contributed by atoms with Crippen LogP contribution in [0.15, 0.2) is 28.7 Å². The number of nitriles is 1. The maximum absolute atomic E-state index is 9.24. The molecule has 0 N–H and O–H groups in total. The third kappa shape index (κ3) is 3.53. The summed E-state index contributed by atoms with van der Waals surface area (Å²) in [5.74, 6) is 2.42. The number of ether oxygens (including phenoxy) is 1. The van der Waals surface area contributed by atoms with Crippen LogP contribution in [0.4, 0.5) is 5.88 Å². The predicted molar refractivity (Wildman–Crippen MR) is 92.2 cm³/mol. The zero-order chi connectivity index (χ0) is 16.9. The molecule has 1 aliphatic heterocycles. The van der Waals surface area contributed by atoms with Gasteiger partial charge in [-0.2, -0.15) is 5.26 Å². The number of hydrogen-bond acceptors (Lipinski definition) is 5. The molecule has 126 valence electrons. The van der Waals surface area contributed by atoms with Crippen molar-refractivity contribution < 1.29 is 9.15 Å². The van der Waals surface area contributed by atoms with Gasteiger partial charge in [0.05, 0.1) is 13.2 Å². The third-order valence-electron chi connectivity index (χ3n) is 4.49. The van der Waals surface area contributed by atoms with Crippen molar-refractivity contribution in [2.24, 2.45) is 0 Å². The Morgan fingerprint density at radius 2 is 2.12 bits per heavy atom. The largest absolute Gasteiger partial charge is 0.497 e. The van der Waals surface area contributed by atoms with Gasteiger partial charge in [0.1, 0.15) is 17.5 Å². The van der Waals surface area contributed by atoms with Gasteiger partial charge in [0.2, 0.25) is 5.88 Å². The quantitative estimate of drug-likeness (QED) is 0.811. The summed E-state index contributed by atoms with van der Waals surface area (Å²) in [7, 11) is 1.68. The molecule has 1 aromatic heterocycles. The Labute approximate surface area is 142 Å². The highest BCUT2D eigenvalue weighted by Crippen LogP contribution is 2.29. The summed E-state index contributed by atoms with van der Waals surface area (Å²) < 4.78 is 11.1. The van der Waals surface area contributed by atoms with Gasteiger partial charge in [-0.3, -0.25) is 0 Å². The Hall–Kier alpha value is -2.48. The van der Waals surface area contributed by atoms with Gasteiger partial charge < -0.3 is 14.1 Å². The predicted octanol–water partition coefficient (Wildman–Crippen LogP) is 3.66. The molecule has 1 aromatic carbocycles. The minimum atomic E-state index is -0.0798. The van der Waals surface area contributed by atoms with Gasteiger partial charge >= 0.3 is 0 Å². The molecule has 1 aliphatic rings. The van der Waals surface area contributed by atoms with Gasteiger partial charge in [-0.25, -0.2) is 4.98 Å². The fourth-order valence-electron chi connectivity index (χ4n) is 3.20. The van der Waals surface area contributed by atoms with E-state index in [1.54, 1.807) is 7.11 Å². The van der Waals surface area contributed by atoms with Crippen molar-refractivity contribution in [3.63, 3.8) is 0 Å². The first-order chi connectivity index (χ1) is 11.7. The zero-order valence-corrected chi connectivity index (χ0v) is 14.3. The summed E-state index contributed by atoms with van der Waals surface area (Å²) in [5.41, 5.74) is 2.17. The molecule has 1 fully saturated rings. The molecule has 24 heavy (non-hydrogen) atoms. The molecule has 0 radical (unpaired) electrons. The van der Waals surface area contributed by atoms with E-state index >= 15 is 0 Å². The molecule has 0 saturated carbocycles. The van der Waals surface area contributed by atoms with E-state index in [0.29, 0.717) is 0 Å². The van der Waals surface area contributed by atoms with E-state index in [0.717, 1.165) is 61.9 Å². The lowest BCUT2D eigenvalue weighted by Gasteiger charge is -2.18. The van der Waals surface area contributed by atoms with Gasteiger partial charge in [-0.1, -0.05) is 12.1 Å². The topological polar surface area (TPSA) is 62.3 Å². The highest BCUT2D eigenvalue weighted by atomic mass is 16.5. The van der Waals surface area contributed by atoms with Crippen LogP contribution in [-0.4, -0.2) is 24.7 Å². The molecule has 0 amide bonds. The number of anilines is 1. The van der Waals surface area contributed by atoms with E-state index in [9.17, 15) is 5.26 Å². The van der Waals surface area contributed by atoms with Crippen molar-refractivity contribution in [2.45, 2.75) is 45.1 Å². The van der Waals surface area contributed by atoms with E-state index in [1.807, 2.05) is 19.1 Å². The zero-order valence-electron chi connectivity index (χ0n) is 14.3. The first kappa shape index (κ1) is 16.4. The minimum Gasteiger partial charge on any atom is -0.497 e. The monoisotopic (exact) mass is 325 g/mol. The van der Waals surface area contributed by atoms with Crippen molar-refractivity contribution in [3.8, 4) is 11.8 Å². The first-order valence-electron chi connectivity index (χ1n) is 8.46. The molecule has 2 heterocycles. The summed E-state index contributed by atoms with van der Waals surface area (Å²) >= 11 is 0. The molecule has 3 rings (SSSR count). The van der Waals surface area contributed by atoms with Crippen molar-refractivity contribution in [3.05, 3.63) is 41.4 Å². The van der Waals surface area contributed by atoms with Crippen molar-refractivity contribution in [1.82, 2.24) is 4.98 Å². The number of nitrogens with zero attached hydrogens (tertiary/aromatic N) is 3. The first-order valence-corrected chi connectivity index (χ1v) is 8.46. The molecule has 0 aliphatic carbocycles. The molecular weight excluding hydrogens is 302 g/mol. The highest BCUT2D eigenvalue weighted by molar-refractivity contribution is 5.44. The van der Waals surface area contributed by atoms with Crippen LogP contribution >= 0.6 is 0 Å². The van der Waals surface area contributed by atoms with Crippen LogP contribution in [0.2, 0.25) is 0 Å². The van der Waals surface area contributed by atoms with Gasteiger partial charge in [-0.15, -0.1) is 0 Å². The van der Waals surface area contributed by atoms with Crippen LogP contribution in [0.1, 0.15) is 36.4 Å². The molecule has 1 atom stereocenters.